The lowest BCUT2D eigenvalue weighted by Crippen LogP contribution is -2.49. The number of benzene rings is 1. The molecular weight excluding hydrogens is 280 g/mol. The molecule has 22 heavy (non-hydrogen) atoms. The highest BCUT2D eigenvalue weighted by Crippen LogP contribution is 2.36. The highest BCUT2D eigenvalue weighted by atomic mass is 16.5. The normalized spacial score (nSPS) is 29.7. The van der Waals surface area contributed by atoms with E-state index in [0.717, 1.165) is 50.5 Å². The number of hydrogen-bond acceptors (Lipinski definition) is 4. The summed E-state index contributed by atoms with van der Waals surface area (Å²) in [4.78, 5) is 17.1. The maximum atomic E-state index is 13.0. The highest BCUT2D eigenvalue weighted by Gasteiger charge is 2.44. The first kappa shape index (κ1) is 14.0. The SMILES string of the molecule is CN1C(=O)[C@@H]2C[C@@H](CN2C2CCOCC2)Oc2ccccc21. The lowest BCUT2D eigenvalue weighted by Gasteiger charge is -2.35. The van der Waals surface area contributed by atoms with Crippen molar-refractivity contribution in [2.75, 3.05) is 31.7 Å². The number of nitrogens with zero attached hydrogens (tertiary/aromatic N) is 2. The van der Waals surface area contributed by atoms with Crippen molar-refractivity contribution in [3.05, 3.63) is 24.3 Å². The molecule has 2 fully saturated rings. The molecule has 1 amide bonds. The van der Waals surface area contributed by atoms with Crippen molar-refractivity contribution in [2.24, 2.45) is 0 Å². The Labute approximate surface area is 130 Å². The number of likely N-dealkylation sites (tertiary alicyclic amines) is 1. The van der Waals surface area contributed by atoms with Crippen molar-refractivity contribution in [2.45, 2.75) is 37.5 Å². The van der Waals surface area contributed by atoms with Gasteiger partial charge in [0, 0.05) is 39.3 Å². The van der Waals surface area contributed by atoms with E-state index in [1.807, 2.05) is 31.3 Å². The third-order valence-corrected chi connectivity index (χ3v) is 5.10. The first-order valence-electron chi connectivity index (χ1n) is 8.11. The van der Waals surface area contributed by atoms with E-state index in [9.17, 15) is 4.79 Å². The van der Waals surface area contributed by atoms with Gasteiger partial charge in [-0.2, -0.15) is 0 Å². The monoisotopic (exact) mass is 302 g/mol. The number of ether oxygens (including phenoxy) is 2. The lowest BCUT2D eigenvalue weighted by molar-refractivity contribution is -0.124. The van der Waals surface area contributed by atoms with Crippen molar-refractivity contribution in [1.29, 1.82) is 0 Å². The smallest absolute Gasteiger partial charge is 0.244 e. The van der Waals surface area contributed by atoms with Gasteiger partial charge in [0.05, 0.1) is 11.7 Å². The minimum Gasteiger partial charge on any atom is -0.487 e. The molecule has 2 saturated heterocycles. The summed E-state index contributed by atoms with van der Waals surface area (Å²) in [7, 11) is 1.85. The van der Waals surface area contributed by atoms with Crippen LogP contribution in [0.1, 0.15) is 19.3 Å². The minimum atomic E-state index is -0.0635. The quantitative estimate of drug-likeness (QED) is 0.791. The zero-order chi connectivity index (χ0) is 15.1. The van der Waals surface area contributed by atoms with E-state index in [4.69, 9.17) is 9.47 Å². The molecule has 3 aliphatic heterocycles. The van der Waals surface area contributed by atoms with E-state index in [0.29, 0.717) is 6.04 Å². The molecule has 0 radical (unpaired) electrons. The third kappa shape index (κ3) is 2.29. The number of anilines is 1. The van der Waals surface area contributed by atoms with Gasteiger partial charge in [0.2, 0.25) is 5.91 Å². The topological polar surface area (TPSA) is 42.0 Å². The van der Waals surface area contributed by atoms with Gasteiger partial charge >= 0.3 is 0 Å². The Morgan fingerprint density at radius 3 is 2.77 bits per heavy atom. The summed E-state index contributed by atoms with van der Waals surface area (Å²) in [6.45, 7) is 2.43. The molecular formula is C17H22N2O3. The van der Waals surface area contributed by atoms with Crippen LogP contribution in [0.15, 0.2) is 24.3 Å². The largest absolute Gasteiger partial charge is 0.487 e. The molecule has 1 aromatic rings. The van der Waals surface area contributed by atoms with Crippen molar-refractivity contribution in [1.82, 2.24) is 4.90 Å². The van der Waals surface area contributed by atoms with Crippen LogP contribution in [-0.2, 0) is 9.53 Å². The van der Waals surface area contributed by atoms with E-state index in [1.165, 1.54) is 0 Å². The molecule has 0 unspecified atom stereocenters. The minimum absolute atomic E-state index is 0.0635. The fourth-order valence-electron chi connectivity index (χ4n) is 3.93. The summed E-state index contributed by atoms with van der Waals surface area (Å²) >= 11 is 0. The molecule has 118 valence electrons. The van der Waals surface area contributed by atoms with Gasteiger partial charge < -0.3 is 14.4 Å². The van der Waals surface area contributed by atoms with Crippen LogP contribution in [0.4, 0.5) is 5.69 Å². The molecule has 1 aromatic carbocycles. The Kier molecular flexibility index (Phi) is 3.54. The fraction of sp³-hybridized carbons (Fsp3) is 0.588. The maximum Gasteiger partial charge on any atom is 0.244 e. The molecule has 0 saturated carbocycles. The van der Waals surface area contributed by atoms with E-state index >= 15 is 0 Å². The second-order valence-electron chi connectivity index (χ2n) is 6.40. The van der Waals surface area contributed by atoms with Crippen LogP contribution in [0.2, 0.25) is 0 Å². The summed E-state index contributed by atoms with van der Waals surface area (Å²) in [6.07, 6.45) is 2.90. The molecule has 0 spiro atoms. The van der Waals surface area contributed by atoms with Gasteiger partial charge in [0.25, 0.3) is 0 Å². The average molecular weight is 302 g/mol. The van der Waals surface area contributed by atoms with Crippen molar-refractivity contribution in [3.63, 3.8) is 0 Å². The molecule has 2 bridgehead atoms. The maximum absolute atomic E-state index is 13.0. The second-order valence-corrected chi connectivity index (χ2v) is 6.40. The third-order valence-electron chi connectivity index (χ3n) is 5.10. The first-order chi connectivity index (χ1) is 10.7. The van der Waals surface area contributed by atoms with Crippen LogP contribution in [0.3, 0.4) is 0 Å². The summed E-state index contributed by atoms with van der Waals surface area (Å²) in [6, 6.07) is 8.19. The number of fused-ring (bicyclic) bond motifs is 3. The zero-order valence-electron chi connectivity index (χ0n) is 12.9. The molecule has 4 rings (SSSR count). The lowest BCUT2D eigenvalue weighted by atomic mass is 10.0. The fourth-order valence-corrected chi connectivity index (χ4v) is 3.93. The van der Waals surface area contributed by atoms with Crippen LogP contribution in [0.5, 0.6) is 5.75 Å². The van der Waals surface area contributed by atoms with E-state index < -0.39 is 0 Å². The van der Waals surface area contributed by atoms with Gasteiger partial charge in [-0.15, -0.1) is 0 Å². The zero-order valence-corrected chi connectivity index (χ0v) is 12.9. The summed E-state index contributed by atoms with van der Waals surface area (Å²) in [5.41, 5.74) is 0.871. The Hall–Kier alpha value is -1.59. The van der Waals surface area contributed by atoms with E-state index in [-0.39, 0.29) is 18.1 Å². The number of carbonyl (C=O) groups is 1. The predicted octanol–water partition coefficient (Wildman–Crippen LogP) is 1.66. The molecule has 0 aliphatic carbocycles. The van der Waals surface area contributed by atoms with Gasteiger partial charge in [-0.1, -0.05) is 12.1 Å². The van der Waals surface area contributed by atoms with E-state index in [2.05, 4.69) is 4.90 Å². The van der Waals surface area contributed by atoms with Crippen LogP contribution < -0.4 is 9.64 Å². The van der Waals surface area contributed by atoms with Gasteiger partial charge in [-0.05, 0) is 25.0 Å². The molecule has 0 N–H and O–H groups in total. The van der Waals surface area contributed by atoms with Crippen molar-refractivity contribution in [3.8, 4) is 5.75 Å². The molecule has 2 atom stereocenters. The predicted molar refractivity (Wildman–Crippen MR) is 83.2 cm³/mol. The summed E-state index contributed by atoms with van der Waals surface area (Å²) < 4.78 is 11.7. The van der Waals surface area contributed by atoms with Crippen LogP contribution in [-0.4, -0.2) is 55.8 Å². The van der Waals surface area contributed by atoms with Gasteiger partial charge in [-0.25, -0.2) is 0 Å². The molecule has 3 heterocycles. The molecule has 3 aliphatic rings. The Morgan fingerprint density at radius 2 is 1.95 bits per heavy atom. The van der Waals surface area contributed by atoms with E-state index in [1.54, 1.807) is 4.90 Å². The number of carbonyl (C=O) groups excluding carboxylic acids is 1. The van der Waals surface area contributed by atoms with Gasteiger partial charge in [-0.3, -0.25) is 9.69 Å². The molecule has 5 heteroatoms. The van der Waals surface area contributed by atoms with Gasteiger partial charge in [0.15, 0.2) is 0 Å². The number of rotatable bonds is 1. The van der Waals surface area contributed by atoms with Crippen LogP contribution in [0, 0.1) is 0 Å². The Morgan fingerprint density at radius 1 is 1.18 bits per heavy atom. The van der Waals surface area contributed by atoms with Gasteiger partial charge in [0.1, 0.15) is 11.9 Å². The standard InChI is InChI=1S/C17H22N2O3/c1-18-14-4-2-3-5-16(14)22-13-10-15(17(18)20)19(11-13)12-6-8-21-9-7-12/h2-5,12-13,15H,6-11H2,1H3/t13-,15-/m0/s1. The van der Waals surface area contributed by atoms with Crippen LogP contribution >= 0.6 is 0 Å². The van der Waals surface area contributed by atoms with Crippen LogP contribution in [0.25, 0.3) is 0 Å². The number of hydrogen-bond donors (Lipinski definition) is 0. The summed E-state index contributed by atoms with van der Waals surface area (Å²) in [5, 5.41) is 0. The number of amides is 1. The Balaban J connectivity index is 1.65. The molecule has 5 nitrogen and oxygen atoms in total. The Bertz CT molecular complexity index is 571. The first-order valence-corrected chi connectivity index (χ1v) is 8.11. The average Bonchev–Trinajstić information content (AvgIpc) is 2.99. The highest BCUT2D eigenvalue weighted by molar-refractivity contribution is 5.98. The number of para-hydroxylation sites is 2. The summed E-state index contributed by atoms with van der Waals surface area (Å²) in [5.74, 6) is 1.00. The number of likely N-dealkylation sites (N-methyl/N-ethyl adjacent to an activating group) is 1. The van der Waals surface area contributed by atoms with Crippen molar-refractivity contribution >= 4 is 11.6 Å². The second kappa shape index (κ2) is 5.56. The van der Waals surface area contributed by atoms with Crippen molar-refractivity contribution < 1.29 is 14.3 Å². The molecule has 0 aromatic heterocycles.